The van der Waals surface area contributed by atoms with Crippen molar-refractivity contribution in [3.05, 3.63) is 18.0 Å². The highest BCUT2D eigenvalue weighted by atomic mass is 32.1. The summed E-state index contributed by atoms with van der Waals surface area (Å²) in [4.78, 5) is 16.7. The van der Waals surface area contributed by atoms with E-state index in [1.54, 1.807) is 6.20 Å². The summed E-state index contributed by atoms with van der Waals surface area (Å²) in [5, 5.41) is 14.5. The first kappa shape index (κ1) is 14.7. The lowest BCUT2D eigenvalue weighted by Gasteiger charge is -1.98. The van der Waals surface area contributed by atoms with Gasteiger partial charge in [0.1, 0.15) is 0 Å². The smallest absolute Gasteiger partial charge is 0.450 e. The highest BCUT2D eigenvalue weighted by Crippen LogP contribution is 2.04. The molecule has 16 heavy (non-hydrogen) atoms. The standard InChI is InChI=1S/C9H14N2S.CH2O3/c1-2-3-4-5-8-6-7-10-9(12)11-8;2-1(3)4/h6-7H,2-5H2,1H3,(H,10,11,12);(H2,2,3,4). The third-order valence-electron chi connectivity index (χ3n) is 1.74. The first-order valence-corrected chi connectivity index (χ1v) is 5.43. The molecule has 1 aromatic rings. The molecule has 1 aromatic heterocycles. The number of carboxylic acid groups (broad SMARTS) is 2. The van der Waals surface area contributed by atoms with Gasteiger partial charge in [0, 0.05) is 11.9 Å². The van der Waals surface area contributed by atoms with Crippen molar-refractivity contribution in [1.82, 2.24) is 9.97 Å². The largest absolute Gasteiger partial charge is 0.503 e. The van der Waals surface area contributed by atoms with Crippen molar-refractivity contribution in [1.29, 1.82) is 0 Å². The van der Waals surface area contributed by atoms with E-state index in [2.05, 4.69) is 29.5 Å². The Balaban J connectivity index is 0.000000487. The third kappa shape index (κ3) is 9.26. The second-order valence-electron chi connectivity index (χ2n) is 3.09. The van der Waals surface area contributed by atoms with Gasteiger partial charge in [-0.25, -0.2) is 14.8 Å². The zero-order chi connectivity index (χ0) is 12.4. The molecule has 0 radical (unpaired) electrons. The molecule has 0 spiro atoms. The second kappa shape index (κ2) is 8.96. The van der Waals surface area contributed by atoms with Crippen LogP contribution >= 0.6 is 12.6 Å². The average Bonchev–Trinajstić information content (AvgIpc) is 2.17. The van der Waals surface area contributed by atoms with Crippen LogP contribution in [0.1, 0.15) is 31.9 Å². The number of thiol groups is 1. The number of aromatic nitrogens is 2. The molecule has 2 N–H and O–H groups in total. The van der Waals surface area contributed by atoms with E-state index < -0.39 is 6.16 Å². The number of unbranched alkanes of at least 4 members (excludes halogenated alkanes) is 2. The van der Waals surface area contributed by atoms with Gasteiger partial charge in [-0.1, -0.05) is 19.8 Å². The molecule has 0 fully saturated rings. The van der Waals surface area contributed by atoms with Crippen LogP contribution in [0.3, 0.4) is 0 Å². The van der Waals surface area contributed by atoms with Gasteiger partial charge in [0.15, 0.2) is 5.16 Å². The molecule has 0 amide bonds. The highest BCUT2D eigenvalue weighted by molar-refractivity contribution is 7.80. The Bertz CT molecular complexity index is 317. The van der Waals surface area contributed by atoms with Crippen molar-refractivity contribution in [2.45, 2.75) is 37.8 Å². The lowest BCUT2D eigenvalue weighted by Crippen LogP contribution is -1.92. The molecule has 1 rings (SSSR count). The van der Waals surface area contributed by atoms with Gasteiger partial charge in [0.2, 0.25) is 0 Å². The molecular formula is C10H16N2O3S. The van der Waals surface area contributed by atoms with Crippen LogP contribution in [0.5, 0.6) is 0 Å². The maximum atomic E-state index is 8.56. The van der Waals surface area contributed by atoms with E-state index in [0.717, 1.165) is 12.1 Å². The zero-order valence-electron chi connectivity index (χ0n) is 9.13. The van der Waals surface area contributed by atoms with Crippen molar-refractivity contribution in [3.63, 3.8) is 0 Å². The number of hydrogen-bond donors (Lipinski definition) is 3. The SMILES string of the molecule is CCCCCc1ccnc(S)n1.O=C(O)O. The monoisotopic (exact) mass is 244 g/mol. The second-order valence-corrected chi connectivity index (χ2v) is 3.49. The van der Waals surface area contributed by atoms with Gasteiger partial charge in [-0.3, -0.25) is 0 Å². The summed E-state index contributed by atoms with van der Waals surface area (Å²) < 4.78 is 0. The van der Waals surface area contributed by atoms with Gasteiger partial charge in [-0.05, 0) is 18.9 Å². The minimum atomic E-state index is -1.83. The van der Waals surface area contributed by atoms with Crippen molar-refractivity contribution < 1.29 is 15.0 Å². The molecule has 6 heteroatoms. The molecule has 0 unspecified atom stereocenters. The van der Waals surface area contributed by atoms with Crippen molar-refractivity contribution >= 4 is 18.8 Å². The molecule has 0 aliphatic rings. The number of rotatable bonds is 4. The number of carbonyl (C=O) groups is 1. The molecule has 0 aromatic carbocycles. The minimum absolute atomic E-state index is 0.573. The fourth-order valence-corrected chi connectivity index (χ4v) is 1.28. The van der Waals surface area contributed by atoms with Crippen molar-refractivity contribution in [3.8, 4) is 0 Å². The number of hydrogen-bond acceptors (Lipinski definition) is 4. The molecular weight excluding hydrogens is 228 g/mol. The Hall–Kier alpha value is -1.30. The van der Waals surface area contributed by atoms with Gasteiger partial charge in [-0.15, -0.1) is 12.6 Å². The Morgan fingerprint density at radius 3 is 2.56 bits per heavy atom. The van der Waals surface area contributed by atoms with E-state index >= 15 is 0 Å². The van der Waals surface area contributed by atoms with Crippen LogP contribution in [0.2, 0.25) is 0 Å². The summed E-state index contributed by atoms with van der Waals surface area (Å²) in [7, 11) is 0. The minimum Gasteiger partial charge on any atom is -0.450 e. The summed E-state index contributed by atoms with van der Waals surface area (Å²) in [5.74, 6) is 0. The first-order valence-electron chi connectivity index (χ1n) is 4.99. The summed E-state index contributed by atoms with van der Waals surface area (Å²) in [6, 6.07) is 1.95. The Morgan fingerprint density at radius 1 is 1.44 bits per heavy atom. The molecule has 5 nitrogen and oxygen atoms in total. The van der Waals surface area contributed by atoms with E-state index in [4.69, 9.17) is 15.0 Å². The van der Waals surface area contributed by atoms with Crippen molar-refractivity contribution in [2.75, 3.05) is 0 Å². The van der Waals surface area contributed by atoms with Crippen LogP contribution in [-0.4, -0.2) is 26.3 Å². The molecule has 0 saturated carbocycles. The van der Waals surface area contributed by atoms with E-state index in [1.807, 2.05) is 6.07 Å². The van der Waals surface area contributed by atoms with Gasteiger partial charge in [-0.2, -0.15) is 0 Å². The lowest BCUT2D eigenvalue weighted by molar-refractivity contribution is 0.137. The molecule has 0 atom stereocenters. The van der Waals surface area contributed by atoms with Crippen LogP contribution in [0, 0.1) is 0 Å². The normalized spacial score (nSPS) is 9.12. The van der Waals surface area contributed by atoms with Gasteiger partial charge >= 0.3 is 6.16 Å². The average molecular weight is 244 g/mol. The first-order chi connectivity index (χ1) is 7.56. The number of aryl methyl sites for hydroxylation is 1. The Kier molecular flexibility index (Phi) is 8.24. The Morgan fingerprint density at radius 2 is 2.06 bits per heavy atom. The third-order valence-corrected chi connectivity index (χ3v) is 1.95. The maximum Gasteiger partial charge on any atom is 0.503 e. The van der Waals surface area contributed by atoms with E-state index in [0.29, 0.717) is 5.16 Å². The van der Waals surface area contributed by atoms with Crippen molar-refractivity contribution in [2.24, 2.45) is 0 Å². The molecule has 90 valence electrons. The predicted octanol–water partition coefficient (Wildman–Crippen LogP) is 2.72. The van der Waals surface area contributed by atoms with Crippen LogP contribution in [0.25, 0.3) is 0 Å². The zero-order valence-corrected chi connectivity index (χ0v) is 10.0. The van der Waals surface area contributed by atoms with E-state index in [1.165, 1.54) is 19.3 Å². The summed E-state index contributed by atoms with van der Waals surface area (Å²) >= 11 is 4.08. The van der Waals surface area contributed by atoms with E-state index in [9.17, 15) is 0 Å². The molecule has 1 heterocycles. The van der Waals surface area contributed by atoms with Gasteiger partial charge in [0.05, 0.1) is 0 Å². The maximum absolute atomic E-state index is 8.56. The quantitative estimate of drug-likeness (QED) is 0.431. The van der Waals surface area contributed by atoms with Crippen LogP contribution in [-0.2, 0) is 6.42 Å². The van der Waals surface area contributed by atoms with Gasteiger partial charge < -0.3 is 10.2 Å². The van der Waals surface area contributed by atoms with Gasteiger partial charge in [0.25, 0.3) is 0 Å². The number of nitrogens with zero attached hydrogens (tertiary/aromatic N) is 2. The van der Waals surface area contributed by atoms with E-state index in [-0.39, 0.29) is 0 Å². The highest BCUT2D eigenvalue weighted by Gasteiger charge is 1.94. The summed E-state index contributed by atoms with van der Waals surface area (Å²) in [6.07, 6.45) is 4.70. The molecule has 0 bridgehead atoms. The topological polar surface area (TPSA) is 83.3 Å². The van der Waals surface area contributed by atoms with Crippen LogP contribution < -0.4 is 0 Å². The summed E-state index contributed by atoms with van der Waals surface area (Å²) in [5.41, 5.74) is 1.10. The Labute approximate surface area is 100.0 Å². The molecule has 0 aliphatic heterocycles. The molecule has 0 saturated heterocycles. The van der Waals surface area contributed by atoms with Crippen LogP contribution in [0.15, 0.2) is 17.4 Å². The molecule has 0 aliphatic carbocycles. The summed E-state index contributed by atoms with van der Waals surface area (Å²) in [6.45, 7) is 2.20. The predicted molar refractivity (Wildman–Crippen MR) is 63.2 cm³/mol. The fourth-order valence-electron chi connectivity index (χ4n) is 1.08. The lowest BCUT2D eigenvalue weighted by atomic mass is 10.1. The fraction of sp³-hybridized carbons (Fsp3) is 0.500. The van der Waals surface area contributed by atoms with Crippen LogP contribution in [0.4, 0.5) is 4.79 Å².